The summed E-state index contributed by atoms with van der Waals surface area (Å²) in [4.78, 5) is 11.4. The number of benzene rings is 1. The van der Waals surface area contributed by atoms with Crippen molar-refractivity contribution in [2.45, 2.75) is 13.1 Å². The maximum atomic E-state index is 12.2. The van der Waals surface area contributed by atoms with Gasteiger partial charge in [0.15, 0.2) is 12.4 Å². The highest BCUT2D eigenvalue weighted by atomic mass is 19.4. The largest absolute Gasteiger partial charge is 0.483 e. The van der Waals surface area contributed by atoms with Crippen molar-refractivity contribution in [1.29, 1.82) is 0 Å². The lowest BCUT2D eigenvalue weighted by Gasteiger charge is -2.13. The fourth-order valence-electron chi connectivity index (χ4n) is 1.57. The van der Waals surface area contributed by atoms with Gasteiger partial charge >= 0.3 is 6.18 Å². The zero-order valence-electron chi connectivity index (χ0n) is 10.4. The highest BCUT2D eigenvalue weighted by molar-refractivity contribution is 5.97. The molecule has 0 aliphatic heterocycles. The first-order valence-corrected chi connectivity index (χ1v) is 5.58. The monoisotopic (exact) mass is 285 g/mol. The molecule has 106 valence electrons. The van der Waals surface area contributed by atoms with E-state index in [-0.39, 0.29) is 17.1 Å². The van der Waals surface area contributed by atoms with E-state index in [1.807, 2.05) is 0 Å². The average molecular weight is 285 g/mol. The number of ketones is 1. The molecule has 0 atom stereocenters. The van der Waals surface area contributed by atoms with Gasteiger partial charge in [0.05, 0.1) is 23.6 Å². The summed E-state index contributed by atoms with van der Waals surface area (Å²) >= 11 is 0. The van der Waals surface area contributed by atoms with Crippen LogP contribution in [-0.2, 0) is 0 Å². The van der Waals surface area contributed by atoms with Crippen LogP contribution >= 0.6 is 0 Å². The maximum absolute atomic E-state index is 12.2. The Hall–Kier alpha value is -2.38. The molecule has 0 saturated heterocycles. The van der Waals surface area contributed by atoms with E-state index in [4.69, 9.17) is 4.74 Å². The molecule has 0 spiro atoms. The molecule has 2 rings (SSSR count). The number of hydrogen-bond donors (Lipinski definition) is 0. The van der Waals surface area contributed by atoms with Gasteiger partial charge in [0.2, 0.25) is 0 Å². The summed E-state index contributed by atoms with van der Waals surface area (Å²) in [6.07, 6.45) is -1.53. The van der Waals surface area contributed by atoms with Crippen LogP contribution in [0.5, 0.6) is 5.75 Å². The van der Waals surface area contributed by atoms with E-state index in [0.29, 0.717) is 5.69 Å². The zero-order valence-corrected chi connectivity index (χ0v) is 10.4. The highest BCUT2D eigenvalue weighted by Gasteiger charge is 2.29. The molecule has 0 fully saturated rings. The Bertz CT molecular complexity index is 609. The van der Waals surface area contributed by atoms with E-state index < -0.39 is 12.8 Å². The third-order valence-corrected chi connectivity index (χ3v) is 2.42. The van der Waals surface area contributed by atoms with Crippen molar-refractivity contribution < 1.29 is 22.7 Å². The summed E-state index contributed by atoms with van der Waals surface area (Å²) in [6.45, 7) is -0.209. The Balaban J connectivity index is 2.35. The van der Waals surface area contributed by atoms with Crippen LogP contribution in [0.4, 0.5) is 13.2 Å². The van der Waals surface area contributed by atoms with Crippen LogP contribution in [0.15, 0.2) is 30.6 Å². The maximum Gasteiger partial charge on any atom is 0.422 e. The smallest absolute Gasteiger partial charge is 0.422 e. The Morgan fingerprint density at radius 2 is 2.15 bits per heavy atom. The summed E-state index contributed by atoms with van der Waals surface area (Å²) in [7, 11) is 0. The van der Waals surface area contributed by atoms with Gasteiger partial charge in [-0.05, 0) is 19.1 Å². The molecule has 0 aliphatic rings. The Kier molecular flexibility index (Phi) is 3.73. The van der Waals surface area contributed by atoms with E-state index in [1.54, 1.807) is 6.07 Å². The number of aromatic nitrogens is 3. The lowest BCUT2D eigenvalue weighted by atomic mass is 10.1. The number of alkyl halides is 3. The van der Waals surface area contributed by atoms with Gasteiger partial charge in [-0.2, -0.15) is 13.2 Å². The molecule has 2 aromatic rings. The van der Waals surface area contributed by atoms with Gasteiger partial charge in [0.25, 0.3) is 0 Å². The number of ether oxygens (including phenoxy) is 1. The van der Waals surface area contributed by atoms with Crippen LogP contribution in [0, 0.1) is 0 Å². The third kappa shape index (κ3) is 3.34. The molecule has 0 bridgehead atoms. The Morgan fingerprint density at radius 1 is 1.40 bits per heavy atom. The van der Waals surface area contributed by atoms with Crippen molar-refractivity contribution in [3.63, 3.8) is 0 Å². The second-order valence-corrected chi connectivity index (χ2v) is 3.99. The summed E-state index contributed by atoms with van der Waals surface area (Å²) in [5.41, 5.74) is 0.530. The molecule has 0 aliphatic carbocycles. The molecule has 0 unspecified atom stereocenters. The first-order chi connectivity index (χ1) is 9.37. The quantitative estimate of drug-likeness (QED) is 0.809. The van der Waals surface area contributed by atoms with E-state index in [0.717, 1.165) is 0 Å². The zero-order chi connectivity index (χ0) is 14.8. The Morgan fingerprint density at radius 3 is 2.70 bits per heavy atom. The van der Waals surface area contributed by atoms with Gasteiger partial charge in [-0.3, -0.25) is 4.79 Å². The van der Waals surface area contributed by atoms with Crippen LogP contribution in [0.25, 0.3) is 5.69 Å². The second-order valence-electron chi connectivity index (χ2n) is 3.99. The minimum absolute atomic E-state index is 0.0816. The molecule has 1 aromatic heterocycles. The number of hydrogen-bond acceptors (Lipinski definition) is 4. The van der Waals surface area contributed by atoms with Gasteiger partial charge < -0.3 is 4.74 Å². The minimum Gasteiger partial charge on any atom is -0.483 e. The van der Waals surface area contributed by atoms with Crippen LogP contribution in [0.3, 0.4) is 0 Å². The lowest BCUT2D eigenvalue weighted by molar-refractivity contribution is -0.153. The standard InChI is InChI=1S/C12H10F3N3O2/c1-8(19)10-3-2-9(18-5-4-16-17-18)6-11(10)20-7-12(13,14)15/h2-6H,7H2,1H3. The van der Waals surface area contributed by atoms with E-state index >= 15 is 0 Å². The van der Waals surface area contributed by atoms with Crippen LogP contribution in [-0.4, -0.2) is 33.6 Å². The topological polar surface area (TPSA) is 57.0 Å². The predicted molar refractivity (Wildman–Crippen MR) is 62.9 cm³/mol. The van der Waals surface area contributed by atoms with Crippen molar-refractivity contribution >= 4 is 5.78 Å². The van der Waals surface area contributed by atoms with Crippen LogP contribution in [0.1, 0.15) is 17.3 Å². The molecule has 0 amide bonds. The second kappa shape index (κ2) is 5.32. The van der Waals surface area contributed by atoms with Crippen LogP contribution < -0.4 is 4.74 Å². The molecule has 20 heavy (non-hydrogen) atoms. The van der Waals surface area contributed by atoms with E-state index in [1.165, 1.54) is 36.1 Å². The average Bonchev–Trinajstić information content (AvgIpc) is 2.88. The predicted octanol–water partition coefficient (Wildman–Crippen LogP) is 2.41. The highest BCUT2D eigenvalue weighted by Crippen LogP contribution is 2.25. The van der Waals surface area contributed by atoms with Gasteiger partial charge in [0, 0.05) is 6.07 Å². The number of halogens is 3. The van der Waals surface area contributed by atoms with E-state index in [9.17, 15) is 18.0 Å². The van der Waals surface area contributed by atoms with Crippen molar-refractivity contribution in [2.24, 2.45) is 0 Å². The summed E-state index contributed by atoms with van der Waals surface area (Å²) in [5, 5.41) is 7.31. The van der Waals surface area contributed by atoms with Gasteiger partial charge in [-0.1, -0.05) is 5.21 Å². The van der Waals surface area contributed by atoms with Gasteiger partial charge in [-0.25, -0.2) is 4.68 Å². The number of nitrogens with zero attached hydrogens (tertiary/aromatic N) is 3. The SMILES string of the molecule is CC(=O)c1ccc(-n2ccnn2)cc1OCC(F)(F)F. The molecule has 1 aromatic carbocycles. The number of carbonyl (C=O) groups is 1. The third-order valence-electron chi connectivity index (χ3n) is 2.42. The minimum atomic E-state index is -4.47. The van der Waals surface area contributed by atoms with Gasteiger partial charge in [0.1, 0.15) is 5.75 Å². The first kappa shape index (κ1) is 14.0. The van der Waals surface area contributed by atoms with E-state index in [2.05, 4.69) is 10.3 Å². The molecule has 8 heteroatoms. The van der Waals surface area contributed by atoms with Gasteiger partial charge in [-0.15, -0.1) is 5.10 Å². The normalized spacial score (nSPS) is 11.4. The molecule has 5 nitrogen and oxygen atoms in total. The fourth-order valence-corrected chi connectivity index (χ4v) is 1.57. The number of rotatable bonds is 4. The summed E-state index contributed by atoms with van der Waals surface area (Å²) in [6, 6.07) is 4.26. The lowest BCUT2D eigenvalue weighted by Crippen LogP contribution is -2.20. The molecule has 0 radical (unpaired) electrons. The Labute approximate surface area is 112 Å². The number of Topliss-reactive ketones (excluding diaryl/α,β-unsaturated/α-hetero) is 1. The molecular formula is C12H10F3N3O2. The van der Waals surface area contributed by atoms with Crippen molar-refractivity contribution in [1.82, 2.24) is 15.0 Å². The molecule has 1 heterocycles. The first-order valence-electron chi connectivity index (χ1n) is 5.58. The van der Waals surface area contributed by atoms with Crippen molar-refractivity contribution in [3.05, 3.63) is 36.2 Å². The molecular weight excluding hydrogens is 275 g/mol. The van der Waals surface area contributed by atoms with Crippen molar-refractivity contribution in [2.75, 3.05) is 6.61 Å². The molecule has 0 N–H and O–H groups in total. The fraction of sp³-hybridized carbons (Fsp3) is 0.250. The number of carbonyl (C=O) groups excluding carboxylic acids is 1. The summed E-state index contributed by atoms with van der Waals surface area (Å²) in [5.74, 6) is -0.518. The van der Waals surface area contributed by atoms with Crippen molar-refractivity contribution in [3.8, 4) is 11.4 Å². The molecule has 0 saturated carbocycles. The van der Waals surface area contributed by atoms with Crippen LogP contribution in [0.2, 0.25) is 0 Å². The summed E-state index contributed by atoms with van der Waals surface area (Å²) < 4.78 is 42.7.